The van der Waals surface area contributed by atoms with Crippen LogP contribution in [-0.2, 0) is 19.5 Å². The predicted octanol–water partition coefficient (Wildman–Crippen LogP) is 3.79. The summed E-state index contributed by atoms with van der Waals surface area (Å²) in [5.74, 6) is 0.325. The van der Waals surface area contributed by atoms with Crippen molar-refractivity contribution in [3.8, 4) is 11.4 Å². The number of nitrogens with zero attached hydrogens (tertiary/aromatic N) is 2. The van der Waals surface area contributed by atoms with Crippen LogP contribution in [0.15, 0.2) is 53.3 Å². The number of nitrogens with one attached hydrogen (secondary N) is 1. The highest BCUT2D eigenvalue weighted by Crippen LogP contribution is 2.21. The van der Waals surface area contributed by atoms with E-state index in [9.17, 15) is 9.18 Å². The topological polar surface area (TPSA) is 49.0 Å². The molecule has 2 aromatic carbocycles. The van der Waals surface area contributed by atoms with E-state index in [2.05, 4.69) is 14.9 Å². The minimum absolute atomic E-state index is 0.108. The van der Waals surface area contributed by atoms with Crippen molar-refractivity contribution in [2.75, 3.05) is 6.54 Å². The molecule has 6 heteroatoms. The summed E-state index contributed by atoms with van der Waals surface area (Å²) in [5, 5.41) is 0.644. The van der Waals surface area contributed by atoms with Gasteiger partial charge in [0.1, 0.15) is 11.6 Å². The maximum absolute atomic E-state index is 13.0. The van der Waals surface area contributed by atoms with E-state index in [-0.39, 0.29) is 11.4 Å². The quantitative estimate of drug-likeness (QED) is 0.764. The van der Waals surface area contributed by atoms with Crippen molar-refractivity contribution in [3.05, 3.63) is 86.5 Å². The molecule has 0 saturated carbocycles. The van der Waals surface area contributed by atoms with Crippen LogP contribution in [0.25, 0.3) is 11.4 Å². The molecule has 1 aliphatic rings. The summed E-state index contributed by atoms with van der Waals surface area (Å²) in [6, 6.07) is 13.7. The monoisotopic (exact) mass is 369 g/mol. The Bertz CT molecular complexity index is 983. The molecular weight excluding hydrogens is 353 g/mol. The van der Waals surface area contributed by atoms with E-state index in [1.54, 1.807) is 24.3 Å². The molecule has 1 aliphatic heterocycles. The molecule has 0 radical (unpaired) electrons. The molecule has 0 fully saturated rings. The predicted molar refractivity (Wildman–Crippen MR) is 99.5 cm³/mol. The maximum atomic E-state index is 13.0. The Morgan fingerprint density at radius 3 is 2.58 bits per heavy atom. The standard InChI is InChI=1S/C20H17ClFN3O/c21-15-5-3-14(4-6-15)19-23-18-9-10-25(12-17(18)20(26)24-19)11-13-1-7-16(22)8-2-13/h1-8H,9-12H2,(H,23,24,26). The van der Waals surface area contributed by atoms with E-state index in [0.717, 1.165) is 23.4 Å². The Morgan fingerprint density at radius 1 is 1.12 bits per heavy atom. The van der Waals surface area contributed by atoms with E-state index in [4.69, 9.17) is 11.6 Å². The second kappa shape index (κ2) is 7.02. The van der Waals surface area contributed by atoms with Gasteiger partial charge in [-0.1, -0.05) is 23.7 Å². The van der Waals surface area contributed by atoms with Crippen LogP contribution in [-0.4, -0.2) is 21.4 Å². The first-order chi connectivity index (χ1) is 12.6. The number of aromatic amines is 1. The minimum atomic E-state index is -0.242. The van der Waals surface area contributed by atoms with Crippen molar-refractivity contribution in [2.45, 2.75) is 19.5 Å². The van der Waals surface area contributed by atoms with Gasteiger partial charge in [-0.05, 0) is 42.0 Å². The molecule has 0 atom stereocenters. The van der Waals surface area contributed by atoms with E-state index >= 15 is 0 Å². The van der Waals surface area contributed by atoms with Gasteiger partial charge in [-0.15, -0.1) is 0 Å². The molecule has 0 unspecified atom stereocenters. The highest BCUT2D eigenvalue weighted by Gasteiger charge is 2.21. The van der Waals surface area contributed by atoms with Crippen LogP contribution in [0, 0.1) is 5.82 Å². The van der Waals surface area contributed by atoms with Crippen LogP contribution in [0.5, 0.6) is 0 Å². The molecule has 0 aliphatic carbocycles. The molecule has 132 valence electrons. The largest absolute Gasteiger partial charge is 0.306 e. The van der Waals surface area contributed by atoms with E-state index in [1.165, 1.54) is 12.1 Å². The summed E-state index contributed by atoms with van der Waals surface area (Å²) >= 11 is 5.92. The average Bonchev–Trinajstić information content (AvgIpc) is 2.64. The van der Waals surface area contributed by atoms with Gasteiger partial charge in [0.25, 0.3) is 5.56 Å². The van der Waals surface area contributed by atoms with Gasteiger partial charge in [-0.3, -0.25) is 9.69 Å². The minimum Gasteiger partial charge on any atom is -0.306 e. The molecule has 2 heterocycles. The Morgan fingerprint density at radius 2 is 1.85 bits per heavy atom. The van der Waals surface area contributed by atoms with Crippen LogP contribution in [0.2, 0.25) is 5.02 Å². The van der Waals surface area contributed by atoms with Crippen molar-refractivity contribution >= 4 is 11.6 Å². The molecule has 0 saturated heterocycles. The second-order valence-corrected chi connectivity index (χ2v) is 6.87. The van der Waals surface area contributed by atoms with Crippen molar-refractivity contribution in [3.63, 3.8) is 0 Å². The summed E-state index contributed by atoms with van der Waals surface area (Å²) < 4.78 is 13.0. The lowest BCUT2D eigenvalue weighted by Gasteiger charge is -2.27. The zero-order valence-electron chi connectivity index (χ0n) is 14.0. The van der Waals surface area contributed by atoms with Gasteiger partial charge in [0.15, 0.2) is 0 Å². The molecular formula is C20H17ClFN3O. The highest BCUT2D eigenvalue weighted by molar-refractivity contribution is 6.30. The van der Waals surface area contributed by atoms with Crippen LogP contribution in [0.3, 0.4) is 0 Å². The van der Waals surface area contributed by atoms with Crippen LogP contribution in [0.1, 0.15) is 16.8 Å². The van der Waals surface area contributed by atoms with Crippen LogP contribution < -0.4 is 5.56 Å². The van der Waals surface area contributed by atoms with Crippen LogP contribution in [0.4, 0.5) is 4.39 Å². The van der Waals surface area contributed by atoms with Gasteiger partial charge in [0.2, 0.25) is 0 Å². The van der Waals surface area contributed by atoms with Gasteiger partial charge in [0.05, 0.1) is 11.3 Å². The molecule has 0 bridgehead atoms. The van der Waals surface area contributed by atoms with E-state index in [1.807, 2.05) is 12.1 Å². The molecule has 0 spiro atoms. The smallest absolute Gasteiger partial charge is 0.255 e. The fourth-order valence-corrected chi connectivity index (χ4v) is 3.33. The maximum Gasteiger partial charge on any atom is 0.255 e. The number of fused-ring (bicyclic) bond motifs is 1. The average molecular weight is 370 g/mol. The Kier molecular flexibility index (Phi) is 4.57. The number of hydrogen-bond donors (Lipinski definition) is 1. The second-order valence-electron chi connectivity index (χ2n) is 6.43. The normalized spacial score (nSPS) is 14.2. The third-order valence-corrected chi connectivity index (χ3v) is 4.84. The summed E-state index contributed by atoms with van der Waals surface area (Å²) in [4.78, 5) is 22.3. The first kappa shape index (κ1) is 16.9. The first-order valence-electron chi connectivity index (χ1n) is 8.43. The van der Waals surface area contributed by atoms with Crippen molar-refractivity contribution in [1.82, 2.24) is 14.9 Å². The lowest BCUT2D eigenvalue weighted by molar-refractivity contribution is 0.242. The van der Waals surface area contributed by atoms with Crippen molar-refractivity contribution in [1.29, 1.82) is 0 Å². The summed E-state index contributed by atoms with van der Waals surface area (Å²) in [5.41, 5.74) is 3.30. The molecule has 1 aromatic heterocycles. The Hall–Kier alpha value is -2.50. The number of hydrogen-bond acceptors (Lipinski definition) is 3. The molecule has 26 heavy (non-hydrogen) atoms. The van der Waals surface area contributed by atoms with Gasteiger partial charge < -0.3 is 4.98 Å². The third-order valence-electron chi connectivity index (χ3n) is 4.58. The first-order valence-corrected chi connectivity index (χ1v) is 8.81. The highest BCUT2D eigenvalue weighted by atomic mass is 35.5. The zero-order chi connectivity index (χ0) is 18.1. The van der Waals surface area contributed by atoms with Gasteiger partial charge >= 0.3 is 0 Å². The number of rotatable bonds is 3. The SMILES string of the molecule is O=c1[nH]c(-c2ccc(Cl)cc2)nc2c1CN(Cc1ccc(F)cc1)CC2. The fourth-order valence-electron chi connectivity index (χ4n) is 3.21. The van der Waals surface area contributed by atoms with Crippen LogP contribution >= 0.6 is 11.6 Å². The number of aromatic nitrogens is 2. The molecule has 4 rings (SSSR count). The number of H-pyrrole nitrogens is 1. The van der Waals surface area contributed by atoms with Crippen molar-refractivity contribution in [2.24, 2.45) is 0 Å². The Labute approximate surface area is 155 Å². The number of halogens is 2. The van der Waals surface area contributed by atoms with Gasteiger partial charge in [-0.2, -0.15) is 0 Å². The molecule has 0 amide bonds. The van der Waals surface area contributed by atoms with Gasteiger partial charge in [0, 0.05) is 36.6 Å². The summed E-state index contributed by atoms with van der Waals surface area (Å²) in [6.07, 6.45) is 0.709. The molecule has 4 nitrogen and oxygen atoms in total. The number of benzene rings is 2. The summed E-state index contributed by atoms with van der Waals surface area (Å²) in [6.45, 7) is 2.02. The molecule has 3 aromatic rings. The lowest BCUT2D eigenvalue weighted by atomic mass is 10.1. The fraction of sp³-hybridized carbons (Fsp3) is 0.200. The Balaban J connectivity index is 1.57. The third kappa shape index (κ3) is 3.54. The van der Waals surface area contributed by atoms with E-state index in [0.29, 0.717) is 35.9 Å². The van der Waals surface area contributed by atoms with E-state index < -0.39 is 0 Å². The zero-order valence-corrected chi connectivity index (χ0v) is 14.8. The van der Waals surface area contributed by atoms with Gasteiger partial charge in [-0.25, -0.2) is 9.37 Å². The van der Waals surface area contributed by atoms with Crippen molar-refractivity contribution < 1.29 is 4.39 Å². The lowest BCUT2D eigenvalue weighted by Crippen LogP contribution is -2.35. The summed E-state index contributed by atoms with van der Waals surface area (Å²) in [7, 11) is 0. The molecule has 1 N–H and O–H groups in total.